The van der Waals surface area contributed by atoms with Gasteiger partial charge in [-0.05, 0) is 59.0 Å². The quantitative estimate of drug-likeness (QED) is 0.518. The predicted octanol–water partition coefficient (Wildman–Crippen LogP) is 2.48. The number of sulfonamides is 1. The summed E-state index contributed by atoms with van der Waals surface area (Å²) in [6, 6.07) is 6.49. The van der Waals surface area contributed by atoms with Gasteiger partial charge in [-0.25, -0.2) is 8.42 Å². The predicted molar refractivity (Wildman–Crippen MR) is 109 cm³/mol. The number of hydrogen-bond acceptors (Lipinski definition) is 5. The van der Waals surface area contributed by atoms with Gasteiger partial charge in [0.1, 0.15) is 6.04 Å². The molecule has 1 aromatic heterocycles. The third-order valence-electron chi connectivity index (χ3n) is 3.74. The van der Waals surface area contributed by atoms with E-state index < -0.39 is 22.0 Å². The van der Waals surface area contributed by atoms with Crippen molar-refractivity contribution in [3.63, 3.8) is 0 Å². The standard InChI is InChI=1S/C18H22ClN3O4S2/c1-12(2)9-16(20-17(23)10-13-7-8-27-11-13)18(24)21-22-28(25,26)15-5-3-14(19)4-6-15/h3-8,11-12,16,22H,9-10H2,1-2H3,(H,20,23)(H,21,24)/t16-/m1/s1. The molecule has 0 fully saturated rings. The van der Waals surface area contributed by atoms with Gasteiger partial charge >= 0.3 is 0 Å². The van der Waals surface area contributed by atoms with E-state index in [2.05, 4.69) is 10.7 Å². The summed E-state index contributed by atoms with van der Waals surface area (Å²) in [5, 5.41) is 6.79. The lowest BCUT2D eigenvalue weighted by Crippen LogP contribution is -2.52. The van der Waals surface area contributed by atoms with Crippen LogP contribution in [0.25, 0.3) is 0 Å². The molecule has 1 atom stereocenters. The molecule has 0 unspecified atom stereocenters. The number of carbonyl (C=O) groups is 2. The third kappa shape index (κ3) is 6.90. The van der Waals surface area contributed by atoms with Crippen LogP contribution in [0.2, 0.25) is 5.02 Å². The first-order valence-corrected chi connectivity index (χ1v) is 11.4. The van der Waals surface area contributed by atoms with Crippen molar-refractivity contribution in [3.8, 4) is 0 Å². The Kier molecular flexibility index (Phi) is 7.99. The largest absolute Gasteiger partial charge is 0.344 e. The molecule has 0 aliphatic carbocycles. The van der Waals surface area contributed by atoms with Crippen LogP contribution in [0, 0.1) is 5.92 Å². The minimum Gasteiger partial charge on any atom is -0.344 e. The Labute approximate surface area is 173 Å². The van der Waals surface area contributed by atoms with Gasteiger partial charge in [0.15, 0.2) is 0 Å². The lowest BCUT2D eigenvalue weighted by Gasteiger charge is -2.20. The second-order valence-corrected chi connectivity index (χ2v) is 9.51. The van der Waals surface area contributed by atoms with Crippen molar-refractivity contribution >= 4 is 44.8 Å². The van der Waals surface area contributed by atoms with Crippen LogP contribution < -0.4 is 15.6 Å². The van der Waals surface area contributed by atoms with Gasteiger partial charge < -0.3 is 5.32 Å². The van der Waals surface area contributed by atoms with Crippen LogP contribution in [0.3, 0.4) is 0 Å². The average molecular weight is 444 g/mol. The number of halogens is 1. The average Bonchev–Trinajstić information content (AvgIpc) is 3.12. The van der Waals surface area contributed by atoms with Crippen molar-refractivity contribution < 1.29 is 18.0 Å². The normalized spacial score (nSPS) is 12.6. The van der Waals surface area contributed by atoms with Crippen molar-refractivity contribution in [2.75, 3.05) is 0 Å². The number of amides is 2. The highest BCUT2D eigenvalue weighted by Gasteiger charge is 2.24. The molecular formula is C18H22ClN3O4S2. The molecule has 2 aromatic rings. The molecule has 0 spiro atoms. The topological polar surface area (TPSA) is 104 Å². The molecule has 152 valence electrons. The highest BCUT2D eigenvalue weighted by atomic mass is 35.5. The summed E-state index contributed by atoms with van der Waals surface area (Å²) in [6.45, 7) is 3.81. The molecule has 1 aromatic carbocycles. The van der Waals surface area contributed by atoms with E-state index in [1.54, 1.807) is 0 Å². The molecule has 10 heteroatoms. The number of nitrogens with one attached hydrogen (secondary N) is 3. The maximum Gasteiger partial charge on any atom is 0.257 e. The van der Waals surface area contributed by atoms with Crippen molar-refractivity contribution in [3.05, 3.63) is 51.7 Å². The molecule has 0 aliphatic rings. The maximum atomic E-state index is 12.5. The van der Waals surface area contributed by atoms with Crippen LogP contribution in [0.5, 0.6) is 0 Å². The van der Waals surface area contributed by atoms with Crippen LogP contribution in [0.15, 0.2) is 46.0 Å². The molecular weight excluding hydrogens is 422 g/mol. The van der Waals surface area contributed by atoms with Gasteiger partial charge in [-0.15, -0.1) is 4.83 Å². The van der Waals surface area contributed by atoms with Gasteiger partial charge in [0.05, 0.1) is 11.3 Å². The highest BCUT2D eigenvalue weighted by molar-refractivity contribution is 7.89. The summed E-state index contributed by atoms with van der Waals surface area (Å²) in [5.41, 5.74) is 3.04. The van der Waals surface area contributed by atoms with E-state index in [1.165, 1.54) is 35.6 Å². The second kappa shape index (κ2) is 10.0. The Morgan fingerprint density at radius 3 is 2.39 bits per heavy atom. The lowest BCUT2D eigenvalue weighted by molar-refractivity contribution is -0.129. The minimum absolute atomic E-state index is 0.0425. The van der Waals surface area contributed by atoms with E-state index in [1.807, 2.05) is 35.5 Å². The van der Waals surface area contributed by atoms with Crippen LogP contribution in [0.1, 0.15) is 25.8 Å². The van der Waals surface area contributed by atoms with Gasteiger partial charge in [-0.3, -0.25) is 15.0 Å². The molecule has 0 aliphatic heterocycles. The number of hydrazine groups is 1. The van der Waals surface area contributed by atoms with Crippen LogP contribution in [-0.4, -0.2) is 26.3 Å². The molecule has 3 N–H and O–H groups in total. The maximum absolute atomic E-state index is 12.5. The fourth-order valence-electron chi connectivity index (χ4n) is 2.40. The summed E-state index contributed by atoms with van der Waals surface area (Å²) in [5.74, 6) is -0.824. The van der Waals surface area contributed by atoms with Crippen molar-refractivity contribution in [2.24, 2.45) is 5.92 Å². The summed E-state index contributed by atoms with van der Waals surface area (Å²) in [4.78, 5) is 26.7. The Balaban J connectivity index is 1.99. The summed E-state index contributed by atoms with van der Waals surface area (Å²) >= 11 is 7.24. The first-order valence-electron chi connectivity index (χ1n) is 8.55. The molecule has 0 radical (unpaired) electrons. The monoisotopic (exact) mass is 443 g/mol. The second-order valence-electron chi connectivity index (χ2n) is 6.61. The van der Waals surface area contributed by atoms with E-state index in [4.69, 9.17) is 11.6 Å². The molecule has 0 bridgehead atoms. The molecule has 2 amide bonds. The molecule has 0 saturated carbocycles. The molecule has 1 heterocycles. The Hall–Kier alpha value is -1.94. The minimum atomic E-state index is -3.96. The van der Waals surface area contributed by atoms with Crippen LogP contribution in [-0.2, 0) is 26.0 Å². The molecule has 0 saturated heterocycles. The highest BCUT2D eigenvalue weighted by Crippen LogP contribution is 2.13. The van der Waals surface area contributed by atoms with Crippen molar-refractivity contribution in [2.45, 2.75) is 37.6 Å². The zero-order valence-electron chi connectivity index (χ0n) is 15.4. The number of thiophene rings is 1. The van der Waals surface area contributed by atoms with Gasteiger partial charge in [-0.2, -0.15) is 11.3 Å². The number of rotatable bonds is 9. The molecule has 28 heavy (non-hydrogen) atoms. The summed E-state index contributed by atoms with van der Waals surface area (Å²) < 4.78 is 24.5. The Morgan fingerprint density at radius 2 is 1.82 bits per heavy atom. The fraction of sp³-hybridized carbons (Fsp3) is 0.333. The number of benzene rings is 1. The summed E-state index contributed by atoms with van der Waals surface area (Å²) in [6.07, 6.45) is 0.520. The van der Waals surface area contributed by atoms with E-state index >= 15 is 0 Å². The van der Waals surface area contributed by atoms with Gasteiger partial charge in [0, 0.05) is 5.02 Å². The van der Waals surface area contributed by atoms with Gasteiger partial charge in [0.25, 0.3) is 15.9 Å². The van der Waals surface area contributed by atoms with Crippen LogP contribution >= 0.6 is 22.9 Å². The zero-order valence-corrected chi connectivity index (χ0v) is 17.8. The third-order valence-corrected chi connectivity index (χ3v) is 5.98. The molecule has 2 rings (SSSR count). The van der Waals surface area contributed by atoms with E-state index in [-0.39, 0.29) is 23.1 Å². The molecule has 7 nitrogen and oxygen atoms in total. The number of hydrogen-bond donors (Lipinski definition) is 3. The summed E-state index contributed by atoms with van der Waals surface area (Å²) in [7, 11) is -3.96. The smallest absolute Gasteiger partial charge is 0.257 e. The van der Waals surface area contributed by atoms with E-state index in [0.29, 0.717) is 11.4 Å². The van der Waals surface area contributed by atoms with Crippen molar-refractivity contribution in [1.82, 2.24) is 15.6 Å². The van der Waals surface area contributed by atoms with Gasteiger partial charge in [-0.1, -0.05) is 25.4 Å². The zero-order chi connectivity index (χ0) is 20.7. The lowest BCUT2D eigenvalue weighted by atomic mass is 10.0. The fourth-order valence-corrected chi connectivity index (χ4v) is 4.05. The Morgan fingerprint density at radius 1 is 1.14 bits per heavy atom. The SMILES string of the molecule is CC(C)C[C@@H](NC(=O)Cc1ccsc1)C(=O)NNS(=O)(=O)c1ccc(Cl)cc1. The van der Waals surface area contributed by atoms with Gasteiger partial charge in [0.2, 0.25) is 5.91 Å². The number of carbonyl (C=O) groups excluding carboxylic acids is 2. The first kappa shape index (κ1) is 22.4. The van der Waals surface area contributed by atoms with Crippen molar-refractivity contribution in [1.29, 1.82) is 0 Å². The first-order chi connectivity index (χ1) is 13.2. The Bertz CT molecular complexity index is 897. The van der Waals surface area contributed by atoms with E-state index in [9.17, 15) is 18.0 Å². The van der Waals surface area contributed by atoms with Crippen LogP contribution in [0.4, 0.5) is 0 Å². The van der Waals surface area contributed by atoms with E-state index in [0.717, 1.165) is 5.56 Å².